The SMILES string of the molecule is CN[C@H]1C[C@H](CN2CCN(C3CCNCC3)CC2)C1. The van der Waals surface area contributed by atoms with Gasteiger partial charge in [-0.3, -0.25) is 4.90 Å². The van der Waals surface area contributed by atoms with Crippen LogP contribution in [0.1, 0.15) is 25.7 Å². The number of hydrogen-bond donors (Lipinski definition) is 2. The Labute approximate surface area is 117 Å². The van der Waals surface area contributed by atoms with Gasteiger partial charge >= 0.3 is 0 Å². The average molecular weight is 266 g/mol. The van der Waals surface area contributed by atoms with Crippen LogP contribution in [0.15, 0.2) is 0 Å². The van der Waals surface area contributed by atoms with E-state index in [4.69, 9.17) is 0 Å². The molecule has 1 aliphatic carbocycles. The van der Waals surface area contributed by atoms with Crippen molar-refractivity contribution < 1.29 is 0 Å². The summed E-state index contributed by atoms with van der Waals surface area (Å²) < 4.78 is 0. The quantitative estimate of drug-likeness (QED) is 0.769. The molecule has 0 atom stereocenters. The number of piperazine rings is 1. The molecule has 0 aromatic carbocycles. The van der Waals surface area contributed by atoms with Crippen LogP contribution in [0, 0.1) is 5.92 Å². The van der Waals surface area contributed by atoms with Gasteiger partial charge in [0, 0.05) is 44.8 Å². The fourth-order valence-corrected chi connectivity index (χ4v) is 3.97. The zero-order chi connectivity index (χ0) is 13.1. The Hall–Kier alpha value is -0.160. The van der Waals surface area contributed by atoms with Crippen LogP contribution in [0.25, 0.3) is 0 Å². The molecule has 0 aromatic heterocycles. The first-order valence-corrected chi connectivity index (χ1v) is 8.19. The molecule has 2 aliphatic heterocycles. The Kier molecular flexibility index (Phi) is 4.74. The molecule has 0 aromatic rings. The topological polar surface area (TPSA) is 30.5 Å². The smallest absolute Gasteiger partial charge is 0.0120 e. The Morgan fingerprint density at radius 1 is 1.05 bits per heavy atom. The van der Waals surface area contributed by atoms with Crippen molar-refractivity contribution in [1.82, 2.24) is 20.4 Å². The third-order valence-corrected chi connectivity index (χ3v) is 5.39. The lowest BCUT2D eigenvalue weighted by molar-refractivity contribution is 0.0592. The summed E-state index contributed by atoms with van der Waals surface area (Å²) in [5.41, 5.74) is 0. The van der Waals surface area contributed by atoms with Gasteiger partial charge in [0.2, 0.25) is 0 Å². The average Bonchev–Trinajstić information content (AvgIpc) is 2.44. The van der Waals surface area contributed by atoms with E-state index in [-0.39, 0.29) is 0 Å². The Balaban J connectivity index is 1.35. The van der Waals surface area contributed by atoms with Gasteiger partial charge in [-0.2, -0.15) is 0 Å². The van der Waals surface area contributed by atoms with Crippen molar-refractivity contribution in [3.63, 3.8) is 0 Å². The van der Waals surface area contributed by atoms with E-state index in [1.165, 1.54) is 71.5 Å². The highest BCUT2D eigenvalue weighted by molar-refractivity contribution is 4.88. The van der Waals surface area contributed by atoms with Crippen molar-refractivity contribution in [2.75, 3.05) is 52.9 Å². The Morgan fingerprint density at radius 3 is 2.37 bits per heavy atom. The van der Waals surface area contributed by atoms with E-state index in [0.717, 1.165) is 18.0 Å². The van der Waals surface area contributed by atoms with Gasteiger partial charge in [0.05, 0.1) is 0 Å². The molecule has 2 saturated heterocycles. The van der Waals surface area contributed by atoms with Crippen LogP contribution in [-0.2, 0) is 0 Å². The molecule has 2 heterocycles. The summed E-state index contributed by atoms with van der Waals surface area (Å²) in [6, 6.07) is 1.67. The summed E-state index contributed by atoms with van der Waals surface area (Å²) in [5.74, 6) is 0.961. The summed E-state index contributed by atoms with van der Waals surface area (Å²) >= 11 is 0. The summed E-state index contributed by atoms with van der Waals surface area (Å²) in [6.07, 6.45) is 5.50. The number of nitrogens with zero attached hydrogens (tertiary/aromatic N) is 2. The largest absolute Gasteiger partial charge is 0.317 e. The van der Waals surface area contributed by atoms with E-state index in [9.17, 15) is 0 Å². The Morgan fingerprint density at radius 2 is 1.74 bits per heavy atom. The maximum absolute atomic E-state index is 3.47. The fraction of sp³-hybridized carbons (Fsp3) is 1.00. The molecule has 1 saturated carbocycles. The van der Waals surface area contributed by atoms with E-state index >= 15 is 0 Å². The highest BCUT2D eigenvalue weighted by Crippen LogP contribution is 2.28. The van der Waals surface area contributed by atoms with Gasteiger partial charge < -0.3 is 15.5 Å². The highest BCUT2D eigenvalue weighted by atomic mass is 15.3. The second-order valence-electron chi connectivity index (χ2n) is 6.64. The monoisotopic (exact) mass is 266 g/mol. The number of nitrogens with one attached hydrogen (secondary N) is 2. The van der Waals surface area contributed by atoms with Crippen LogP contribution >= 0.6 is 0 Å². The molecule has 3 rings (SSSR count). The van der Waals surface area contributed by atoms with Crippen molar-refractivity contribution in [1.29, 1.82) is 0 Å². The molecule has 4 heteroatoms. The van der Waals surface area contributed by atoms with Gasteiger partial charge in [-0.25, -0.2) is 0 Å². The molecule has 0 radical (unpaired) electrons. The van der Waals surface area contributed by atoms with E-state index in [2.05, 4.69) is 27.5 Å². The molecular formula is C15H30N4. The maximum atomic E-state index is 3.47. The summed E-state index contributed by atoms with van der Waals surface area (Å²) in [6.45, 7) is 8.98. The van der Waals surface area contributed by atoms with E-state index < -0.39 is 0 Å². The molecular weight excluding hydrogens is 236 g/mol. The minimum atomic E-state index is 0.807. The maximum Gasteiger partial charge on any atom is 0.0120 e. The molecule has 4 nitrogen and oxygen atoms in total. The normalized spacial score (nSPS) is 35.2. The van der Waals surface area contributed by atoms with Crippen LogP contribution in [0.3, 0.4) is 0 Å². The van der Waals surface area contributed by atoms with Crippen LogP contribution in [0.5, 0.6) is 0 Å². The molecule has 0 spiro atoms. The first-order chi connectivity index (χ1) is 9.35. The molecule has 19 heavy (non-hydrogen) atoms. The van der Waals surface area contributed by atoms with Crippen molar-refractivity contribution in [2.45, 2.75) is 37.8 Å². The lowest BCUT2D eigenvalue weighted by Gasteiger charge is -2.44. The number of hydrogen-bond acceptors (Lipinski definition) is 4. The van der Waals surface area contributed by atoms with Gasteiger partial charge in [-0.15, -0.1) is 0 Å². The molecule has 0 unspecified atom stereocenters. The number of rotatable bonds is 4. The van der Waals surface area contributed by atoms with Crippen LogP contribution in [0.4, 0.5) is 0 Å². The van der Waals surface area contributed by atoms with Crippen molar-refractivity contribution >= 4 is 0 Å². The lowest BCUT2D eigenvalue weighted by Crippen LogP contribution is -2.54. The van der Waals surface area contributed by atoms with E-state index in [0.29, 0.717) is 0 Å². The van der Waals surface area contributed by atoms with E-state index in [1.807, 2.05) is 0 Å². The second-order valence-corrected chi connectivity index (χ2v) is 6.64. The van der Waals surface area contributed by atoms with Crippen LogP contribution < -0.4 is 10.6 Å². The predicted molar refractivity (Wildman–Crippen MR) is 79.5 cm³/mol. The van der Waals surface area contributed by atoms with Crippen molar-refractivity contribution in [2.24, 2.45) is 5.92 Å². The second kappa shape index (κ2) is 6.53. The summed E-state index contributed by atoms with van der Waals surface area (Å²) in [5, 5.41) is 6.86. The predicted octanol–water partition coefficient (Wildman–Crippen LogP) is 0.354. The zero-order valence-corrected chi connectivity index (χ0v) is 12.4. The first kappa shape index (κ1) is 13.8. The van der Waals surface area contributed by atoms with Crippen LogP contribution in [0.2, 0.25) is 0 Å². The summed E-state index contributed by atoms with van der Waals surface area (Å²) in [7, 11) is 2.10. The van der Waals surface area contributed by atoms with E-state index in [1.54, 1.807) is 0 Å². The molecule has 0 amide bonds. The molecule has 110 valence electrons. The molecule has 0 bridgehead atoms. The van der Waals surface area contributed by atoms with Gasteiger partial charge in [-0.05, 0) is 51.7 Å². The summed E-state index contributed by atoms with van der Waals surface area (Å²) in [4.78, 5) is 5.45. The minimum Gasteiger partial charge on any atom is -0.317 e. The lowest BCUT2D eigenvalue weighted by atomic mass is 9.80. The first-order valence-electron chi connectivity index (χ1n) is 8.19. The van der Waals surface area contributed by atoms with Gasteiger partial charge in [0.15, 0.2) is 0 Å². The van der Waals surface area contributed by atoms with Gasteiger partial charge in [0.1, 0.15) is 0 Å². The van der Waals surface area contributed by atoms with Gasteiger partial charge in [0.25, 0.3) is 0 Å². The third kappa shape index (κ3) is 3.48. The van der Waals surface area contributed by atoms with Crippen molar-refractivity contribution in [3.8, 4) is 0 Å². The fourth-order valence-electron chi connectivity index (χ4n) is 3.97. The molecule has 2 N–H and O–H groups in total. The van der Waals surface area contributed by atoms with Gasteiger partial charge in [-0.1, -0.05) is 0 Å². The standard InChI is InChI=1S/C15H30N4/c1-16-14-10-13(11-14)12-18-6-8-19(9-7-18)15-2-4-17-5-3-15/h13-17H,2-12H2,1H3/t13-,14-. The highest BCUT2D eigenvalue weighted by Gasteiger charge is 2.31. The van der Waals surface area contributed by atoms with Crippen molar-refractivity contribution in [3.05, 3.63) is 0 Å². The third-order valence-electron chi connectivity index (χ3n) is 5.39. The molecule has 3 fully saturated rings. The zero-order valence-electron chi connectivity index (χ0n) is 12.4. The molecule has 3 aliphatic rings. The Bertz CT molecular complexity index is 263. The minimum absolute atomic E-state index is 0.807. The van der Waals surface area contributed by atoms with Crippen LogP contribution in [-0.4, -0.2) is 74.7 Å². The number of piperidine rings is 1.